The summed E-state index contributed by atoms with van der Waals surface area (Å²) in [6.45, 7) is 1.40. The van der Waals surface area contributed by atoms with Gasteiger partial charge in [-0.2, -0.15) is 0 Å². The van der Waals surface area contributed by atoms with Crippen molar-refractivity contribution < 1.29 is 13.9 Å². The van der Waals surface area contributed by atoms with Crippen LogP contribution in [-0.4, -0.2) is 25.2 Å². The molecule has 76 valence electrons. The number of furan rings is 1. The molecule has 1 saturated heterocycles. The molecular weight excluding hydrogens is 182 g/mol. The number of carbonyl (C=O) groups is 1. The highest BCUT2D eigenvalue weighted by atomic mass is 16.5. The maximum absolute atomic E-state index is 11.5. The molecular formula is C10H13NO3. The van der Waals surface area contributed by atoms with E-state index in [1.807, 2.05) is 0 Å². The van der Waals surface area contributed by atoms with Crippen molar-refractivity contribution in [1.82, 2.24) is 5.32 Å². The van der Waals surface area contributed by atoms with E-state index in [-0.39, 0.29) is 11.9 Å². The third kappa shape index (κ3) is 2.14. The van der Waals surface area contributed by atoms with E-state index in [1.54, 1.807) is 12.1 Å². The van der Waals surface area contributed by atoms with Crippen LogP contribution in [0.4, 0.5) is 0 Å². The lowest BCUT2D eigenvalue weighted by Crippen LogP contribution is -2.40. The lowest BCUT2D eigenvalue weighted by Gasteiger charge is -2.22. The fourth-order valence-electron chi connectivity index (χ4n) is 1.52. The summed E-state index contributed by atoms with van der Waals surface area (Å²) in [6, 6.07) is 3.48. The van der Waals surface area contributed by atoms with Crippen molar-refractivity contribution in [3.8, 4) is 0 Å². The molecule has 1 aliphatic heterocycles. The summed E-state index contributed by atoms with van der Waals surface area (Å²) < 4.78 is 10.2. The molecule has 0 aromatic carbocycles. The number of amides is 1. The predicted octanol–water partition coefficient (Wildman–Crippen LogP) is 1.19. The zero-order chi connectivity index (χ0) is 9.80. The molecule has 1 atom stereocenters. The number of carbonyl (C=O) groups excluding carboxylic acids is 1. The molecule has 1 aromatic heterocycles. The summed E-state index contributed by atoms with van der Waals surface area (Å²) in [5.41, 5.74) is 0. The Balaban J connectivity index is 1.87. The average Bonchev–Trinajstić information content (AvgIpc) is 2.72. The van der Waals surface area contributed by atoms with E-state index in [0.29, 0.717) is 12.4 Å². The third-order valence-electron chi connectivity index (χ3n) is 2.24. The molecule has 4 heteroatoms. The molecule has 1 aromatic rings. The first-order valence-electron chi connectivity index (χ1n) is 4.78. The fraction of sp³-hybridized carbons (Fsp3) is 0.500. The molecule has 2 heterocycles. The van der Waals surface area contributed by atoms with Gasteiger partial charge >= 0.3 is 0 Å². The van der Waals surface area contributed by atoms with Gasteiger partial charge in [-0.3, -0.25) is 4.79 Å². The largest absolute Gasteiger partial charge is 0.459 e. The maximum Gasteiger partial charge on any atom is 0.287 e. The second-order valence-electron chi connectivity index (χ2n) is 3.36. The Hall–Kier alpha value is -1.29. The van der Waals surface area contributed by atoms with Gasteiger partial charge in [-0.05, 0) is 25.0 Å². The van der Waals surface area contributed by atoms with Crippen LogP contribution < -0.4 is 5.32 Å². The molecule has 1 fully saturated rings. The van der Waals surface area contributed by atoms with Gasteiger partial charge in [0.25, 0.3) is 5.91 Å². The van der Waals surface area contributed by atoms with Crippen LogP contribution in [-0.2, 0) is 4.74 Å². The number of hydrogen-bond donors (Lipinski definition) is 1. The van der Waals surface area contributed by atoms with Gasteiger partial charge < -0.3 is 14.5 Å². The number of ether oxygens (including phenoxy) is 1. The Morgan fingerprint density at radius 3 is 3.14 bits per heavy atom. The lowest BCUT2D eigenvalue weighted by molar-refractivity contribution is 0.0612. The molecule has 0 spiro atoms. The van der Waals surface area contributed by atoms with Crippen LogP contribution in [0, 0.1) is 0 Å². The van der Waals surface area contributed by atoms with E-state index in [4.69, 9.17) is 9.15 Å². The Kier molecular flexibility index (Phi) is 2.84. The first-order chi connectivity index (χ1) is 6.86. The van der Waals surface area contributed by atoms with Crippen LogP contribution in [0.25, 0.3) is 0 Å². The van der Waals surface area contributed by atoms with E-state index in [1.165, 1.54) is 6.26 Å². The Bertz CT molecular complexity index is 288. The smallest absolute Gasteiger partial charge is 0.287 e. The van der Waals surface area contributed by atoms with Gasteiger partial charge in [0.05, 0.1) is 18.9 Å². The number of nitrogens with one attached hydrogen (secondary N) is 1. The van der Waals surface area contributed by atoms with Gasteiger partial charge in [-0.1, -0.05) is 0 Å². The second kappa shape index (κ2) is 4.28. The SMILES string of the molecule is O=C(N[C@@H]1CCCOC1)c1ccco1. The third-order valence-corrected chi connectivity index (χ3v) is 2.24. The van der Waals surface area contributed by atoms with Gasteiger partial charge in [-0.15, -0.1) is 0 Å². The van der Waals surface area contributed by atoms with Gasteiger partial charge in [0, 0.05) is 6.61 Å². The van der Waals surface area contributed by atoms with E-state index < -0.39 is 0 Å². The quantitative estimate of drug-likeness (QED) is 0.771. The molecule has 0 saturated carbocycles. The zero-order valence-electron chi connectivity index (χ0n) is 7.86. The van der Waals surface area contributed by atoms with Crippen molar-refractivity contribution in [2.75, 3.05) is 13.2 Å². The molecule has 4 nitrogen and oxygen atoms in total. The average molecular weight is 195 g/mol. The summed E-state index contributed by atoms with van der Waals surface area (Å²) in [5.74, 6) is 0.195. The minimum atomic E-state index is -0.162. The highest BCUT2D eigenvalue weighted by Gasteiger charge is 2.17. The Morgan fingerprint density at radius 2 is 2.50 bits per heavy atom. The number of hydrogen-bond acceptors (Lipinski definition) is 3. The van der Waals surface area contributed by atoms with Crippen LogP contribution in [0.5, 0.6) is 0 Å². The zero-order valence-corrected chi connectivity index (χ0v) is 7.86. The number of rotatable bonds is 2. The molecule has 0 unspecified atom stereocenters. The standard InChI is InChI=1S/C10H13NO3/c12-10(9-4-2-6-14-9)11-8-3-1-5-13-7-8/h2,4,6,8H,1,3,5,7H2,(H,11,12)/t8-/m1/s1. The molecule has 1 aliphatic rings. The van der Waals surface area contributed by atoms with E-state index in [0.717, 1.165) is 19.4 Å². The van der Waals surface area contributed by atoms with Crippen molar-refractivity contribution in [2.45, 2.75) is 18.9 Å². The van der Waals surface area contributed by atoms with Crippen LogP contribution in [0.3, 0.4) is 0 Å². The van der Waals surface area contributed by atoms with Gasteiger partial charge in [0.1, 0.15) is 0 Å². The minimum absolute atomic E-state index is 0.126. The monoisotopic (exact) mass is 195 g/mol. The minimum Gasteiger partial charge on any atom is -0.459 e. The van der Waals surface area contributed by atoms with E-state index in [2.05, 4.69) is 5.32 Å². The lowest BCUT2D eigenvalue weighted by atomic mass is 10.1. The van der Waals surface area contributed by atoms with E-state index in [9.17, 15) is 4.79 Å². The van der Waals surface area contributed by atoms with Gasteiger partial charge in [0.2, 0.25) is 0 Å². The summed E-state index contributed by atoms with van der Waals surface area (Å²) in [4.78, 5) is 11.5. The van der Waals surface area contributed by atoms with Crippen LogP contribution in [0.2, 0.25) is 0 Å². The normalized spacial score (nSPS) is 21.9. The maximum atomic E-state index is 11.5. The fourth-order valence-corrected chi connectivity index (χ4v) is 1.52. The summed E-state index contributed by atoms with van der Waals surface area (Å²) in [6.07, 6.45) is 3.47. The van der Waals surface area contributed by atoms with Crippen molar-refractivity contribution in [3.63, 3.8) is 0 Å². The second-order valence-corrected chi connectivity index (χ2v) is 3.36. The van der Waals surface area contributed by atoms with E-state index >= 15 is 0 Å². The van der Waals surface area contributed by atoms with Crippen LogP contribution >= 0.6 is 0 Å². The Labute approximate surface area is 82.2 Å². The molecule has 0 bridgehead atoms. The van der Waals surface area contributed by atoms with Crippen molar-refractivity contribution in [3.05, 3.63) is 24.2 Å². The first-order valence-corrected chi connectivity index (χ1v) is 4.78. The molecule has 1 amide bonds. The summed E-state index contributed by atoms with van der Waals surface area (Å²) in [5, 5.41) is 2.86. The predicted molar refractivity (Wildman–Crippen MR) is 50.0 cm³/mol. The highest BCUT2D eigenvalue weighted by Crippen LogP contribution is 2.07. The highest BCUT2D eigenvalue weighted by molar-refractivity contribution is 5.91. The molecule has 14 heavy (non-hydrogen) atoms. The van der Waals surface area contributed by atoms with Crippen molar-refractivity contribution >= 4 is 5.91 Å². The Morgan fingerprint density at radius 1 is 1.57 bits per heavy atom. The van der Waals surface area contributed by atoms with Gasteiger partial charge in [-0.25, -0.2) is 0 Å². The van der Waals surface area contributed by atoms with Gasteiger partial charge in [0.15, 0.2) is 5.76 Å². The summed E-state index contributed by atoms with van der Waals surface area (Å²) in [7, 11) is 0. The van der Waals surface area contributed by atoms with Crippen LogP contribution in [0.15, 0.2) is 22.8 Å². The summed E-state index contributed by atoms with van der Waals surface area (Å²) >= 11 is 0. The topological polar surface area (TPSA) is 51.5 Å². The first kappa shape index (κ1) is 9.27. The van der Waals surface area contributed by atoms with Crippen molar-refractivity contribution in [2.24, 2.45) is 0 Å². The molecule has 2 rings (SSSR count). The van der Waals surface area contributed by atoms with Crippen molar-refractivity contribution in [1.29, 1.82) is 0 Å². The van der Waals surface area contributed by atoms with Crippen LogP contribution in [0.1, 0.15) is 23.4 Å². The molecule has 1 N–H and O–H groups in total. The molecule has 0 radical (unpaired) electrons. The molecule has 0 aliphatic carbocycles.